The predicted molar refractivity (Wildman–Crippen MR) is 161 cm³/mol. The molecule has 1 aliphatic carbocycles. The molecule has 3 aliphatic rings. The van der Waals surface area contributed by atoms with E-state index in [4.69, 9.17) is 18.9 Å². The van der Waals surface area contributed by atoms with Gasteiger partial charge in [-0.1, -0.05) is 24.3 Å². The minimum Gasteiger partial charge on any atom is -0.507 e. The van der Waals surface area contributed by atoms with Crippen molar-refractivity contribution in [3.63, 3.8) is 0 Å². The van der Waals surface area contributed by atoms with Gasteiger partial charge in [-0.25, -0.2) is 0 Å². The molecule has 228 valence electrons. The van der Waals surface area contributed by atoms with Gasteiger partial charge in [0.15, 0.2) is 17.7 Å². The smallest absolute Gasteiger partial charge is 0.200 e. The van der Waals surface area contributed by atoms with Crippen molar-refractivity contribution in [3.05, 3.63) is 87.5 Å². The molecule has 0 bridgehead atoms. The molecular formula is C34H33NO9. The van der Waals surface area contributed by atoms with E-state index in [-0.39, 0.29) is 42.8 Å². The lowest BCUT2D eigenvalue weighted by atomic mass is 9.74. The van der Waals surface area contributed by atoms with Crippen LogP contribution in [0.25, 0.3) is 11.1 Å². The van der Waals surface area contributed by atoms with Crippen molar-refractivity contribution < 1.29 is 44.5 Å². The second kappa shape index (κ2) is 10.8. The van der Waals surface area contributed by atoms with Crippen molar-refractivity contribution in [1.29, 1.82) is 0 Å². The zero-order valence-corrected chi connectivity index (χ0v) is 24.3. The van der Waals surface area contributed by atoms with Crippen LogP contribution in [0.3, 0.4) is 0 Å². The lowest BCUT2D eigenvalue weighted by Crippen LogP contribution is -2.29. The number of ether oxygens (including phenoxy) is 4. The quantitative estimate of drug-likeness (QED) is 0.178. The van der Waals surface area contributed by atoms with Gasteiger partial charge in [0.2, 0.25) is 5.75 Å². The molecule has 44 heavy (non-hydrogen) atoms. The molecule has 6 N–H and O–H groups in total. The number of hydrogen-bond acceptors (Lipinski definition) is 10. The van der Waals surface area contributed by atoms with Crippen LogP contribution >= 0.6 is 0 Å². The molecule has 0 saturated heterocycles. The summed E-state index contributed by atoms with van der Waals surface area (Å²) in [6, 6.07) is 14.2. The van der Waals surface area contributed by atoms with Crippen molar-refractivity contribution in [3.8, 4) is 45.6 Å². The van der Waals surface area contributed by atoms with Gasteiger partial charge in [-0.05, 0) is 47.2 Å². The Morgan fingerprint density at radius 3 is 2.32 bits per heavy atom. The lowest BCUT2D eigenvalue weighted by molar-refractivity contribution is 0.0878. The molecule has 0 fully saturated rings. The third-order valence-electron chi connectivity index (χ3n) is 8.88. The van der Waals surface area contributed by atoms with E-state index < -0.39 is 18.2 Å². The molecular weight excluding hydrogens is 566 g/mol. The summed E-state index contributed by atoms with van der Waals surface area (Å²) in [5.74, 6) is 0.781. The minimum atomic E-state index is -1.16. The summed E-state index contributed by atoms with van der Waals surface area (Å²) >= 11 is 0. The molecule has 4 aromatic carbocycles. The van der Waals surface area contributed by atoms with Crippen LogP contribution in [0.2, 0.25) is 0 Å². The first-order valence-electron chi connectivity index (χ1n) is 14.4. The highest BCUT2D eigenvalue weighted by atomic mass is 16.5. The maximum atomic E-state index is 11.9. The van der Waals surface area contributed by atoms with E-state index in [2.05, 4.69) is 5.32 Å². The van der Waals surface area contributed by atoms with E-state index in [0.29, 0.717) is 52.3 Å². The van der Waals surface area contributed by atoms with Gasteiger partial charge in [-0.2, -0.15) is 0 Å². The van der Waals surface area contributed by atoms with Crippen molar-refractivity contribution in [2.75, 3.05) is 26.1 Å². The number of aliphatic hydroxyl groups is 3. The van der Waals surface area contributed by atoms with E-state index in [1.807, 2.05) is 24.3 Å². The van der Waals surface area contributed by atoms with Crippen LogP contribution < -0.4 is 24.3 Å². The summed E-state index contributed by atoms with van der Waals surface area (Å²) in [5, 5.41) is 57.1. The van der Waals surface area contributed by atoms with Gasteiger partial charge in [0, 0.05) is 46.0 Å². The number of anilines is 1. The number of phenolic OH excluding ortho intramolecular Hbond substituents is 2. The zero-order chi connectivity index (χ0) is 30.7. The molecule has 10 heteroatoms. The summed E-state index contributed by atoms with van der Waals surface area (Å²) in [6.45, 7) is 0.333. The number of benzene rings is 4. The van der Waals surface area contributed by atoms with Crippen LogP contribution in [0, 0.1) is 0 Å². The fourth-order valence-electron chi connectivity index (χ4n) is 6.80. The average Bonchev–Trinajstić information content (AvgIpc) is 3.03. The minimum absolute atomic E-state index is 0.0717. The van der Waals surface area contributed by atoms with Crippen molar-refractivity contribution in [2.24, 2.45) is 0 Å². The molecule has 3 unspecified atom stereocenters. The maximum absolute atomic E-state index is 11.9. The first-order chi connectivity index (χ1) is 21.3. The standard InChI is InChI=1S/C34H33NO9/c1-41-26-9-18(10-27(42-2)33(26)39)21-15-44-25-11-22-28-20(29(25)32(21)38)7-6-19-24(12-23(37)31(30(19)28)34(40)35-22)43-14-17-5-3-4-16(8-17)13-36/h3-5,8-12,21,32,34-40H,6-7,13-15H2,1-2H3. The van der Waals surface area contributed by atoms with Crippen LogP contribution in [0.4, 0.5) is 5.69 Å². The normalized spacial score (nSPS) is 19.2. The summed E-state index contributed by atoms with van der Waals surface area (Å²) < 4.78 is 23.2. The lowest BCUT2D eigenvalue weighted by Gasteiger charge is -2.39. The van der Waals surface area contributed by atoms with Gasteiger partial charge >= 0.3 is 0 Å². The van der Waals surface area contributed by atoms with Gasteiger partial charge in [0.05, 0.1) is 39.1 Å². The van der Waals surface area contributed by atoms with Crippen molar-refractivity contribution >= 4 is 5.69 Å². The number of rotatable bonds is 7. The Labute approximate surface area is 253 Å². The third-order valence-corrected chi connectivity index (χ3v) is 8.88. The van der Waals surface area contributed by atoms with Crippen LogP contribution in [0.1, 0.15) is 57.2 Å². The number of methoxy groups -OCH3 is 2. The Morgan fingerprint density at radius 1 is 0.864 bits per heavy atom. The van der Waals surface area contributed by atoms with Crippen LogP contribution in [0.5, 0.6) is 34.5 Å². The predicted octanol–water partition coefficient (Wildman–Crippen LogP) is 4.58. The number of hydrogen-bond donors (Lipinski definition) is 6. The highest BCUT2D eigenvalue weighted by molar-refractivity contribution is 5.93. The van der Waals surface area contributed by atoms with Crippen LogP contribution in [0.15, 0.2) is 48.5 Å². The molecule has 0 saturated carbocycles. The fraction of sp³-hybridized carbons (Fsp3) is 0.294. The number of aromatic hydroxyl groups is 2. The number of phenols is 2. The van der Waals surface area contributed by atoms with Gasteiger partial charge < -0.3 is 49.8 Å². The second-order valence-electron chi connectivity index (χ2n) is 11.3. The van der Waals surface area contributed by atoms with E-state index in [0.717, 1.165) is 27.8 Å². The number of aliphatic hydroxyl groups excluding tert-OH is 3. The highest BCUT2D eigenvalue weighted by Gasteiger charge is 2.41. The molecule has 4 aromatic rings. The Bertz CT molecular complexity index is 1760. The summed E-state index contributed by atoms with van der Waals surface area (Å²) in [6.07, 6.45) is -1.01. The number of fused-ring (bicyclic) bond motifs is 2. The van der Waals surface area contributed by atoms with Crippen molar-refractivity contribution in [1.82, 2.24) is 0 Å². The van der Waals surface area contributed by atoms with Gasteiger partial charge in [0.25, 0.3) is 0 Å². The van der Waals surface area contributed by atoms with E-state index in [1.54, 1.807) is 24.3 Å². The summed E-state index contributed by atoms with van der Waals surface area (Å²) in [4.78, 5) is 0. The van der Waals surface area contributed by atoms with Crippen molar-refractivity contribution in [2.45, 2.75) is 44.3 Å². The largest absolute Gasteiger partial charge is 0.507 e. The third kappa shape index (κ3) is 4.37. The highest BCUT2D eigenvalue weighted by Crippen LogP contribution is 2.57. The summed E-state index contributed by atoms with van der Waals surface area (Å²) in [7, 11) is 2.90. The maximum Gasteiger partial charge on any atom is 0.200 e. The summed E-state index contributed by atoms with van der Waals surface area (Å²) in [5.41, 5.74) is 7.20. The van der Waals surface area contributed by atoms with E-state index in [9.17, 15) is 25.5 Å². The SMILES string of the molecule is COc1cc(C2COc3cc4c5c(c3C2O)CCc2c(OCc3cccc(CO)c3)cc(O)c(c2-5)C(O)N4)cc(OC)c1O. The Morgan fingerprint density at radius 2 is 1.59 bits per heavy atom. The Balaban J connectivity index is 1.32. The first-order valence-corrected chi connectivity index (χ1v) is 14.4. The second-order valence-corrected chi connectivity index (χ2v) is 11.3. The molecule has 0 aromatic heterocycles. The van der Waals surface area contributed by atoms with Gasteiger partial charge in [0.1, 0.15) is 23.9 Å². The Kier molecular flexibility index (Phi) is 6.92. The molecule has 2 heterocycles. The van der Waals surface area contributed by atoms with Crippen LogP contribution in [-0.4, -0.2) is 46.4 Å². The molecule has 0 radical (unpaired) electrons. The molecule has 7 rings (SSSR count). The van der Waals surface area contributed by atoms with Gasteiger partial charge in [-0.15, -0.1) is 0 Å². The zero-order valence-electron chi connectivity index (χ0n) is 24.3. The molecule has 10 nitrogen and oxygen atoms in total. The molecule has 2 aliphatic heterocycles. The Hall–Kier alpha value is -4.64. The molecule has 0 amide bonds. The number of nitrogens with one attached hydrogen (secondary N) is 1. The van der Waals surface area contributed by atoms with E-state index >= 15 is 0 Å². The van der Waals surface area contributed by atoms with Gasteiger partial charge in [-0.3, -0.25) is 0 Å². The molecule has 3 atom stereocenters. The monoisotopic (exact) mass is 599 g/mol. The van der Waals surface area contributed by atoms with E-state index in [1.165, 1.54) is 14.2 Å². The fourth-order valence-corrected chi connectivity index (χ4v) is 6.80. The average molecular weight is 600 g/mol. The van der Waals surface area contributed by atoms with Crippen LogP contribution in [-0.2, 0) is 26.1 Å². The first kappa shape index (κ1) is 28.1. The topological polar surface area (TPSA) is 150 Å². The molecule has 0 spiro atoms.